The molecule has 1 unspecified atom stereocenters. The summed E-state index contributed by atoms with van der Waals surface area (Å²) >= 11 is 6.23. The summed E-state index contributed by atoms with van der Waals surface area (Å²) in [7, 11) is -13.6. The number of hydrogen-bond donors (Lipinski definition) is 5. The first kappa shape index (κ1) is 96.0. The molecule has 0 saturated carbocycles. The number of anilines is 1. The number of aromatic nitrogens is 1. The number of carbonyl (C=O) groups is 7. The first-order chi connectivity index (χ1) is 57.3. The number of para-hydroxylation sites is 2. The predicted molar refractivity (Wildman–Crippen MR) is 467 cm³/mol. The van der Waals surface area contributed by atoms with Gasteiger partial charge in [0.05, 0.1) is 140 Å². The van der Waals surface area contributed by atoms with Crippen molar-refractivity contribution in [3.8, 4) is 17.2 Å². The smallest absolute Gasteiger partial charge is 0.326 e. The van der Waals surface area contributed by atoms with Gasteiger partial charge in [-0.05, 0) is 185 Å². The van der Waals surface area contributed by atoms with Gasteiger partial charge in [-0.2, -0.15) is 8.87 Å². The number of amides is 5. The lowest BCUT2D eigenvalue weighted by Gasteiger charge is -2.35. The zero-order valence-corrected chi connectivity index (χ0v) is 75.3. The number of aliphatic hydroxyl groups is 1. The van der Waals surface area contributed by atoms with Gasteiger partial charge in [-0.1, -0.05) is 42.0 Å². The molecule has 8 aromatic rings. The molecular formula is C82H96I3N7O25S3. The van der Waals surface area contributed by atoms with Crippen molar-refractivity contribution in [2.75, 3.05) is 150 Å². The van der Waals surface area contributed by atoms with Crippen LogP contribution in [0.3, 0.4) is 0 Å². The van der Waals surface area contributed by atoms with E-state index < -0.39 is 88.8 Å². The lowest BCUT2D eigenvalue weighted by molar-refractivity contribution is -0.645. The number of carboxylic acid groups (broad SMARTS) is 1. The molecule has 1 atom stereocenters. The number of aryl methyl sites for hydroxylation is 3. The number of ether oxygens (including phenoxy) is 8. The molecule has 648 valence electrons. The monoisotopic (exact) mass is 2060 g/mol. The number of phenols is 1. The minimum absolute atomic E-state index is 0.00527. The summed E-state index contributed by atoms with van der Waals surface area (Å²) in [5.74, 6) is -4.00. The molecule has 7 aromatic carbocycles. The molecule has 0 radical (unpaired) electrons. The number of nitrogens with one attached hydrogen (secondary N) is 1. The minimum Gasteiger partial charge on any atom is -0.744 e. The maximum absolute atomic E-state index is 15.2. The summed E-state index contributed by atoms with van der Waals surface area (Å²) in [6, 6.07) is 31.3. The topological polar surface area (TPSA) is 434 Å². The van der Waals surface area contributed by atoms with Gasteiger partial charge in [-0.25, -0.2) is 34.4 Å². The fourth-order valence-corrected chi connectivity index (χ4v) is 19.5. The number of piperazine rings is 1. The van der Waals surface area contributed by atoms with Crippen molar-refractivity contribution in [1.29, 1.82) is 0 Å². The number of carbonyl (C=O) groups excluding carboxylic acids is 6. The summed E-state index contributed by atoms with van der Waals surface area (Å²) in [4.78, 5) is 93.9. The molecule has 0 spiro atoms. The number of halogens is 3. The second-order valence-electron chi connectivity index (χ2n) is 27.8. The number of aromatic hydroxyl groups is 1. The van der Waals surface area contributed by atoms with Crippen LogP contribution < -0.4 is 20.4 Å². The summed E-state index contributed by atoms with van der Waals surface area (Å²) in [6.45, 7) is 10.1. The highest BCUT2D eigenvalue weighted by molar-refractivity contribution is 14.1. The molecule has 0 aliphatic carbocycles. The van der Waals surface area contributed by atoms with Crippen LogP contribution in [0.5, 0.6) is 17.2 Å². The van der Waals surface area contributed by atoms with E-state index in [9.17, 15) is 68.8 Å². The first-order valence-electron chi connectivity index (χ1n) is 38.6. The Bertz CT molecular complexity index is 5270. The molecular weight excluding hydrogens is 1960 g/mol. The van der Waals surface area contributed by atoms with Crippen LogP contribution in [0.25, 0.3) is 32.6 Å². The van der Waals surface area contributed by atoms with Crippen molar-refractivity contribution in [2.45, 2.75) is 88.1 Å². The number of nitrogens with zero attached hydrogens (tertiary/aromatic N) is 5. The highest BCUT2D eigenvalue weighted by Gasteiger charge is 2.40. The summed E-state index contributed by atoms with van der Waals surface area (Å²) in [5.41, 5.74) is 8.58. The van der Waals surface area contributed by atoms with Gasteiger partial charge in [0.1, 0.15) is 40.0 Å². The average Bonchev–Trinajstić information content (AvgIpc) is 0.729. The number of fused-ring (bicyclic) bond motifs is 2. The molecule has 0 bridgehead atoms. The van der Waals surface area contributed by atoms with Crippen LogP contribution in [-0.2, 0) is 95.5 Å². The number of sulfonamides is 2. The van der Waals surface area contributed by atoms with Gasteiger partial charge in [0.25, 0.3) is 27.7 Å². The number of nitrogens with two attached hydrogens (primary N) is 1. The Hall–Kier alpha value is -7.80. The van der Waals surface area contributed by atoms with Crippen LogP contribution in [0.4, 0.5) is 5.69 Å². The number of nitrogen functional groups attached to an aromatic ring is 1. The molecule has 3 heterocycles. The molecule has 6 N–H and O–H groups in total. The normalized spacial score (nSPS) is 13.5. The van der Waals surface area contributed by atoms with Crippen LogP contribution in [-0.4, -0.2) is 255 Å². The largest absolute Gasteiger partial charge is 0.744 e. The number of pyridine rings is 1. The zero-order chi connectivity index (χ0) is 86.8. The highest BCUT2D eigenvalue weighted by atomic mass is 127. The van der Waals surface area contributed by atoms with Gasteiger partial charge >= 0.3 is 5.97 Å². The Balaban J connectivity index is 0.000000493. The molecule has 38 heteroatoms. The second kappa shape index (κ2) is 46.1. The molecule has 2 aliphatic heterocycles. The first-order valence-corrected chi connectivity index (χ1v) is 46.3. The Morgan fingerprint density at radius 1 is 0.625 bits per heavy atom. The molecule has 32 nitrogen and oxygen atoms in total. The van der Waals surface area contributed by atoms with Gasteiger partial charge in [0.15, 0.2) is 12.3 Å². The molecule has 1 aromatic heterocycles. The lowest BCUT2D eigenvalue weighted by atomic mass is 9.91. The molecule has 10 rings (SSSR count). The van der Waals surface area contributed by atoms with Crippen molar-refractivity contribution in [3.05, 3.63) is 165 Å². The number of aliphatic hydroxyl groups excluding tert-OH is 1. The van der Waals surface area contributed by atoms with Gasteiger partial charge in [-0.3, -0.25) is 33.7 Å². The zero-order valence-electron chi connectivity index (χ0n) is 66.3. The predicted octanol–water partition coefficient (Wildman–Crippen LogP) is 8.29. The van der Waals surface area contributed by atoms with Crippen molar-refractivity contribution in [3.63, 3.8) is 0 Å². The number of phenolic OH excluding ortho intramolecular Hbond substituents is 1. The van der Waals surface area contributed by atoms with Gasteiger partial charge in [0.2, 0.25) is 32.9 Å². The summed E-state index contributed by atoms with van der Waals surface area (Å²) in [5, 5.41) is 31.1. The van der Waals surface area contributed by atoms with E-state index in [2.05, 4.69) is 50.5 Å². The third kappa shape index (κ3) is 26.4. The number of ketones is 1. The maximum Gasteiger partial charge on any atom is 0.326 e. The fraction of sp³-hybridized carbons (Fsp3) is 0.415. The Morgan fingerprint density at radius 2 is 1.16 bits per heavy atom. The fourth-order valence-electron chi connectivity index (χ4n) is 13.3. The number of imide groups is 1. The number of aliphatic carboxylic acids is 1. The van der Waals surface area contributed by atoms with Gasteiger partial charge < -0.3 is 73.7 Å². The van der Waals surface area contributed by atoms with E-state index in [0.717, 1.165) is 28.6 Å². The number of Topliss-reactive ketones (excluding diaryl/α,β-unsaturated/α-hetero) is 1. The van der Waals surface area contributed by atoms with Crippen LogP contribution >= 0.6 is 67.8 Å². The van der Waals surface area contributed by atoms with Gasteiger partial charge in [-0.15, -0.1) is 0 Å². The van der Waals surface area contributed by atoms with Crippen LogP contribution in [0.2, 0.25) is 0 Å². The maximum atomic E-state index is 15.2. The van der Waals surface area contributed by atoms with Crippen molar-refractivity contribution in [2.24, 2.45) is 0 Å². The Kier molecular flexibility index (Phi) is 36.9. The number of rotatable bonds is 46. The second-order valence-corrected chi connectivity index (χ2v) is 36.6. The Morgan fingerprint density at radius 3 is 1.69 bits per heavy atom. The lowest BCUT2D eigenvalue weighted by Crippen LogP contribution is -2.54. The van der Waals surface area contributed by atoms with E-state index in [-0.39, 0.29) is 134 Å². The number of carboxylic acids is 1. The van der Waals surface area contributed by atoms with Crippen LogP contribution in [0.1, 0.15) is 93.2 Å². The van der Waals surface area contributed by atoms with Crippen LogP contribution in [0, 0.1) is 24.6 Å². The van der Waals surface area contributed by atoms with E-state index in [1.165, 1.54) is 33.5 Å². The average molecular weight is 2060 g/mol. The Labute approximate surface area is 736 Å². The summed E-state index contributed by atoms with van der Waals surface area (Å²) in [6.07, 6.45) is 0.740. The van der Waals surface area contributed by atoms with Crippen molar-refractivity contribution >= 4 is 177 Å². The number of benzene rings is 7. The van der Waals surface area contributed by atoms with E-state index in [1.54, 1.807) is 97.9 Å². The van der Waals surface area contributed by atoms with Gasteiger partial charge in [0, 0.05) is 107 Å². The van der Waals surface area contributed by atoms with E-state index in [1.807, 2.05) is 41.0 Å². The molecule has 5 amide bonds. The van der Waals surface area contributed by atoms with E-state index in [4.69, 9.17) is 48.7 Å². The van der Waals surface area contributed by atoms with E-state index >= 15 is 4.79 Å². The third-order valence-corrected chi connectivity index (χ3v) is 26.3. The van der Waals surface area contributed by atoms with Crippen molar-refractivity contribution in [1.82, 2.24) is 23.7 Å². The standard InChI is InChI=1S/C64H80N6O19S3.C18H16I3NO6/c1-4-83-29-30-85-33-34-87-37-38-89-40-39-88-36-35-86-32-31-84-28-10-13-48(71)12-9-23-70(91(78,79)49-20-18-46(2)19-21-49)64(75)60-50-14-5-7-16-55(50)68(56-17-8-6-15-51(56)60)22-11-41-90(76,77)67-26-24-66(25-27-67)58(72)45-69-62(73)53-43-47(3)42-52-59(53)54(63(69)74)44-57(61(52)65)92(80,81)82;19-11-8-10(1-2-15(11)24)28-17-12(20)5-9(6-13(17)21)7-14(18(26)27)22-16(25)3-4-23/h5-8,14-21,42-44H,4,9-13,22-41,45H2,1-3H3,(H2-,65,73,74,80,81,82);1-2,5-6,8,14,23-24H,3-4,7H2,(H,22,25)(H,26,27). The molecule has 1 saturated heterocycles. The van der Waals surface area contributed by atoms with E-state index in [0.29, 0.717) is 146 Å². The highest BCUT2D eigenvalue weighted by Crippen LogP contribution is 2.40. The SMILES string of the molecule is CCOCCOCCOCCOCCOCCOCCOCCCC(=O)CCCN(C(=O)c1c2ccccc2[n+](CCCS(=O)(=O)N2CCN(C(=O)CN3C(=O)c4cc(C)cc5c(N)c(S(=O)(=O)[O-])cc(c45)C3=O)CC2)c2ccccc12)S(=O)(=O)c1ccc(C)cc1.O=C(CCO)NC(Cc1cc(I)c(Oc2ccc(O)c(I)c2)c(I)c1)C(=O)O. The third-order valence-electron chi connectivity index (χ3n) is 19.2. The molecule has 120 heavy (non-hydrogen) atoms. The van der Waals surface area contributed by atoms with Crippen LogP contribution in [0.15, 0.2) is 131 Å². The summed E-state index contributed by atoms with van der Waals surface area (Å²) < 4.78 is 144. The van der Waals surface area contributed by atoms with Crippen molar-refractivity contribution < 1.29 is 121 Å². The molecule has 1 fully saturated rings. The molecule has 2 aliphatic rings. The minimum atomic E-state index is -5.15. The quantitative estimate of drug-likeness (QED) is 0.00455. The number of hydrogen-bond acceptors (Lipinski definition) is 25.